The second kappa shape index (κ2) is 8.81. The van der Waals surface area contributed by atoms with E-state index in [4.69, 9.17) is 9.84 Å². The molecule has 3 rings (SSSR count). The quantitative estimate of drug-likeness (QED) is 0.782. The minimum absolute atomic E-state index is 0.178. The Morgan fingerprint density at radius 3 is 2.46 bits per heavy atom. The number of carboxylic acid groups (broad SMARTS) is 1. The smallest absolute Gasteiger partial charge is 0.306 e. The van der Waals surface area contributed by atoms with Gasteiger partial charge in [-0.15, -0.1) is 0 Å². The van der Waals surface area contributed by atoms with Crippen molar-refractivity contribution in [1.82, 2.24) is 5.32 Å². The average Bonchev–Trinajstić information content (AvgIpc) is 2.66. The van der Waals surface area contributed by atoms with Crippen LogP contribution in [0.4, 0.5) is 4.39 Å². The summed E-state index contributed by atoms with van der Waals surface area (Å²) in [6, 6.07) is 14.6. The van der Waals surface area contributed by atoms with E-state index in [9.17, 15) is 9.18 Å². The van der Waals surface area contributed by atoms with E-state index in [2.05, 4.69) is 5.32 Å². The molecule has 2 aromatic carbocycles. The van der Waals surface area contributed by atoms with Crippen LogP contribution in [0.1, 0.15) is 36.8 Å². The Kier molecular flexibility index (Phi) is 6.23. The largest absolute Gasteiger partial charge is 0.489 e. The summed E-state index contributed by atoms with van der Waals surface area (Å²) in [5, 5.41) is 12.5. The molecule has 26 heavy (non-hydrogen) atoms. The van der Waals surface area contributed by atoms with Crippen molar-refractivity contribution in [2.45, 2.75) is 44.9 Å². The molecule has 1 aliphatic rings. The highest BCUT2D eigenvalue weighted by molar-refractivity contribution is 5.70. The molecule has 1 aliphatic carbocycles. The summed E-state index contributed by atoms with van der Waals surface area (Å²) >= 11 is 0. The number of rotatable bonds is 7. The number of carbonyl (C=O) groups is 1. The first kappa shape index (κ1) is 18.4. The first-order valence-electron chi connectivity index (χ1n) is 9.02. The van der Waals surface area contributed by atoms with Crippen LogP contribution in [0.15, 0.2) is 48.5 Å². The molecule has 0 heterocycles. The van der Waals surface area contributed by atoms with Gasteiger partial charge in [0, 0.05) is 12.6 Å². The van der Waals surface area contributed by atoms with Crippen LogP contribution in [-0.2, 0) is 17.9 Å². The average molecular weight is 357 g/mol. The molecule has 138 valence electrons. The zero-order valence-electron chi connectivity index (χ0n) is 14.7. The molecule has 4 nitrogen and oxygen atoms in total. The molecule has 2 N–H and O–H groups in total. The standard InChI is InChI=1S/C21H24FNO3/c22-18-3-1-2-16(12-18)14-26-20-10-4-15(5-11-20)13-23-19-8-6-17(7-9-19)21(24)25/h1-5,10-12,17,19,23H,6-9,13-14H2,(H,24,25). The van der Waals surface area contributed by atoms with E-state index < -0.39 is 5.97 Å². The highest BCUT2D eigenvalue weighted by Crippen LogP contribution is 2.24. The molecule has 0 spiro atoms. The maximum atomic E-state index is 13.2. The molecule has 0 radical (unpaired) electrons. The maximum Gasteiger partial charge on any atom is 0.306 e. The van der Waals surface area contributed by atoms with Gasteiger partial charge >= 0.3 is 5.97 Å². The monoisotopic (exact) mass is 357 g/mol. The molecule has 0 atom stereocenters. The summed E-state index contributed by atoms with van der Waals surface area (Å²) in [5.41, 5.74) is 1.95. The van der Waals surface area contributed by atoms with Crippen LogP contribution < -0.4 is 10.1 Å². The molecule has 0 amide bonds. The van der Waals surface area contributed by atoms with Crippen LogP contribution in [-0.4, -0.2) is 17.1 Å². The fourth-order valence-corrected chi connectivity index (χ4v) is 3.30. The highest BCUT2D eigenvalue weighted by atomic mass is 19.1. The Morgan fingerprint density at radius 1 is 1.08 bits per heavy atom. The van der Waals surface area contributed by atoms with E-state index in [0.29, 0.717) is 12.6 Å². The number of ether oxygens (including phenoxy) is 1. The minimum atomic E-state index is -0.669. The predicted octanol–water partition coefficient (Wildman–Crippen LogP) is 4.14. The fourth-order valence-electron chi connectivity index (χ4n) is 3.30. The topological polar surface area (TPSA) is 58.6 Å². The predicted molar refractivity (Wildman–Crippen MR) is 97.4 cm³/mol. The molecule has 1 saturated carbocycles. The Hall–Kier alpha value is -2.40. The normalized spacial score (nSPS) is 19.9. The molecular weight excluding hydrogens is 333 g/mol. The van der Waals surface area contributed by atoms with Crippen molar-refractivity contribution in [2.24, 2.45) is 5.92 Å². The van der Waals surface area contributed by atoms with Gasteiger partial charge in [0.1, 0.15) is 18.2 Å². The third kappa shape index (κ3) is 5.30. The van der Waals surface area contributed by atoms with Gasteiger partial charge in [0.2, 0.25) is 0 Å². The SMILES string of the molecule is O=C(O)C1CCC(NCc2ccc(OCc3cccc(F)c3)cc2)CC1. The van der Waals surface area contributed by atoms with E-state index in [0.717, 1.165) is 49.1 Å². The van der Waals surface area contributed by atoms with Crippen molar-refractivity contribution in [3.63, 3.8) is 0 Å². The molecule has 0 bridgehead atoms. The maximum absolute atomic E-state index is 13.2. The van der Waals surface area contributed by atoms with Crippen LogP contribution in [0.25, 0.3) is 0 Å². The molecular formula is C21H24FNO3. The van der Waals surface area contributed by atoms with Gasteiger partial charge in [-0.25, -0.2) is 4.39 Å². The van der Waals surface area contributed by atoms with Gasteiger partial charge in [0.05, 0.1) is 5.92 Å². The van der Waals surface area contributed by atoms with Gasteiger partial charge in [0.15, 0.2) is 0 Å². The highest BCUT2D eigenvalue weighted by Gasteiger charge is 2.25. The van der Waals surface area contributed by atoms with Crippen LogP contribution in [0.2, 0.25) is 0 Å². The van der Waals surface area contributed by atoms with Gasteiger partial charge in [0.25, 0.3) is 0 Å². The van der Waals surface area contributed by atoms with Crippen molar-refractivity contribution in [3.05, 3.63) is 65.5 Å². The van der Waals surface area contributed by atoms with E-state index in [1.165, 1.54) is 12.1 Å². The van der Waals surface area contributed by atoms with Gasteiger partial charge < -0.3 is 15.2 Å². The summed E-state index contributed by atoms with van der Waals surface area (Å²) in [6.45, 7) is 1.09. The summed E-state index contributed by atoms with van der Waals surface area (Å²) < 4.78 is 18.8. The lowest BCUT2D eigenvalue weighted by Gasteiger charge is -2.27. The van der Waals surface area contributed by atoms with Crippen LogP contribution >= 0.6 is 0 Å². The summed E-state index contributed by atoms with van der Waals surface area (Å²) in [5.74, 6) is -0.357. The van der Waals surface area contributed by atoms with Crippen LogP contribution in [0, 0.1) is 11.7 Å². The van der Waals surface area contributed by atoms with E-state index in [1.807, 2.05) is 30.3 Å². The van der Waals surface area contributed by atoms with Crippen molar-refractivity contribution in [3.8, 4) is 5.75 Å². The van der Waals surface area contributed by atoms with E-state index >= 15 is 0 Å². The Bertz CT molecular complexity index is 724. The van der Waals surface area contributed by atoms with Crippen molar-refractivity contribution in [1.29, 1.82) is 0 Å². The second-order valence-corrected chi connectivity index (χ2v) is 6.83. The third-order valence-corrected chi connectivity index (χ3v) is 4.89. The van der Waals surface area contributed by atoms with Gasteiger partial charge in [-0.2, -0.15) is 0 Å². The fraction of sp³-hybridized carbons (Fsp3) is 0.381. The van der Waals surface area contributed by atoms with Crippen LogP contribution in [0.5, 0.6) is 5.75 Å². The number of halogens is 1. The first-order chi connectivity index (χ1) is 12.6. The lowest BCUT2D eigenvalue weighted by Crippen LogP contribution is -2.34. The van der Waals surface area contributed by atoms with Crippen molar-refractivity contribution in [2.75, 3.05) is 0 Å². The molecule has 0 aliphatic heterocycles. The number of hydrogen-bond acceptors (Lipinski definition) is 3. The lowest BCUT2D eigenvalue weighted by atomic mass is 9.86. The molecule has 0 aromatic heterocycles. The first-order valence-corrected chi connectivity index (χ1v) is 9.02. The Labute approximate surface area is 153 Å². The Balaban J connectivity index is 1.42. The van der Waals surface area contributed by atoms with Crippen molar-refractivity contribution >= 4 is 5.97 Å². The van der Waals surface area contributed by atoms with Gasteiger partial charge in [-0.3, -0.25) is 4.79 Å². The van der Waals surface area contributed by atoms with Gasteiger partial charge in [-0.05, 0) is 61.1 Å². The lowest BCUT2D eigenvalue weighted by molar-refractivity contribution is -0.142. The second-order valence-electron chi connectivity index (χ2n) is 6.83. The zero-order chi connectivity index (χ0) is 18.4. The molecule has 0 saturated heterocycles. The Morgan fingerprint density at radius 2 is 1.81 bits per heavy atom. The number of hydrogen-bond donors (Lipinski definition) is 2. The number of nitrogens with one attached hydrogen (secondary N) is 1. The van der Waals surface area contributed by atoms with E-state index in [-0.39, 0.29) is 11.7 Å². The van der Waals surface area contributed by atoms with Crippen molar-refractivity contribution < 1.29 is 19.0 Å². The van der Waals surface area contributed by atoms with E-state index in [1.54, 1.807) is 6.07 Å². The zero-order valence-corrected chi connectivity index (χ0v) is 14.7. The van der Waals surface area contributed by atoms with Gasteiger partial charge in [-0.1, -0.05) is 24.3 Å². The summed E-state index contributed by atoms with van der Waals surface area (Å²) in [6.07, 6.45) is 3.32. The summed E-state index contributed by atoms with van der Waals surface area (Å²) in [4.78, 5) is 11.0. The number of benzene rings is 2. The molecule has 1 fully saturated rings. The molecule has 2 aromatic rings. The minimum Gasteiger partial charge on any atom is -0.489 e. The summed E-state index contributed by atoms with van der Waals surface area (Å²) in [7, 11) is 0. The van der Waals surface area contributed by atoms with Crippen LogP contribution in [0.3, 0.4) is 0 Å². The number of aliphatic carboxylic acids is 1. The molecule has 5 heteroatoms. The third-order valence-electron chi connectivity index (χ3n) is 4.89. The number of carboxylic acids is 1. The molecule has 0 unspecified atom stereocenters.